The highest BCUT2D eigenvalue weighted by Gasteiger charge is 2.47. The number of nitrogens with zero attached hydrogens (tertiary/aromatic N) is 4. The first-order valence-electron chi connectivity index (χ1n) is 13.5. The Labute approximate surface area is 247 Å². The molecule has 0 saturated carbocycles. The number of amides is 1. The summed E-state index contributed by atoms with van der Waals surface area (Å²) >= 11 is 3.67. The Kier molecular flexibility index (Phi) is 8.94. The minimum atomic E-state index is -0.826. The molecular formula is C30H34BrN5O5. The summed E-state index contributed by atoms with van der Waals surface area (Å²) in [6, 6.07) is 15.4. The standard InChI is InChI=1S/C30H34BrN5O5/c1-38-20-30(13-7-8-15-36(30)29(37)41-19-21-9-5-4-6-10-21)28-34-26(31)25-27(32-14-16-35(25)28)33-18-22-11-12-23(39-2)17-24(22)40-3/h4-6,9-12,14,16-17H,7-8,13,15,18-20H2,1-3H3,(H,32,33). The van der Waals surface area contributed by atoms with Gasteiger partial charge in [-0.2, -0.15) is 0 Å². The topological polar surface area (TPSA) is 99.5 Å². The zero-order valence-corrected chi connectivity index (χ0v) is 25.0. The van der Waals surface area contributed by atoms with Crippen molar-refractivity contribution in [3.63, 3.8) is 0 Å². The van der Waals surface area contributed by atoms with E-state index in [0.717, 1.165) is 35.2 Å². The van der Waals surface area contributed by atoms with E-state index >= 15 is 0 Å². The lowest BCUT2D eigenvalue weighted by atomic mass is 9.86. The number of piperidine rings is 1. The van der Waals surface area contributed by atoms with E-state index in [-0.39, 0.29) is 13.2 Å². The number of hydrogen-bond acceptors (Lipinski definition) is 8. The van der Waals surface area contributed by atoms with Crippen LogP contribution in [0.4, 0.5) is 10.6 Å². The molecule has 216 valence electrons. The van der Waals surface area contributed by atoms with Gasteiger partial charge in [-0.05, 0) is 52.9 Å². The largest absolute Gasteiger partial charge is 0.497 e. The summed E-state index contributed by atoms with van der Waals surface area (Å²) in [6.45, 7) is 1.47. The zero-order valence-electron chi connectivity index (χ0n) is 23.4. The zero-order chi connectivity index (χ0) is 28.8. The lowest BCUT2D eigenvalue weighted by Crippen LogP contribution is -2.56. The third kappa shape index (κ3) is 5.82. The van der Waals surface area contributed by atoms with Crippen molar-refractivity contribution in [3.05, 3.63) is 82.5 Å². The van der Waals surface area contributed by atoms with Crippen molar-refractivity contribution in [3.8, 4) is 11.5 Å². The average molecular weight is 625 g/mol. The van der Waals surface area contributed by atoms with Gasteiger partial charge in [0.1, 0.15) is 39.6 Å². The minimum Gasteiger partial charge on any atom is -0.497 e. The van der Waals surface area contributed by atoms with Gasteiger partial charge < -0.3 is 24.3 Å². The Hall–Kier alpha value is -3.83. The van der Waals surface area contributed by atoms with Gasteiger partial charge in [-0.25, -0.2) is 14.8 Å². The molecule has 0 aliphatic carbocycles. The summed E-state index contributed by atoms with van der Waals surface area (Å²) in [6.07, 6.45) is 5.67. The van der Waals surface area contributed by atoms with Gasteiger partial charge in [-0.1, -0.05) is 30.3 Å². The van der Waals surface area contributed by atoms with Gasteiger partial charge in [0.2, 0.25) is 0 Å². The fourth-order valence-electron chi connectivity index (χ4n) is 5.42. The molecule has 1 unspecified atom stereocenters. The fraction of sp³-hybridized carbons (Fsp3) is 0.367. The molecule has 1 aliphatic heterocycles. The average Bonchev–Trinajstić information content (AvgIpc) is 3.37. The molecule has 11 heteroatoms. The lowest BCUT2D eigenvalue weighted by Gasteiger charge is -2.45. The monoisotopic (exact) mass is 623 g/mol. The van der Waals surface area contributed by atoms with E-state index in [9.17, 15) is 4.79 Å². The molecule has 1 aliphatic rings. The van der Waals surface area contributed by atoms with Crippen LogP contribution in [0.25, 0.3) is 5.52 Å². The van der Waals surface area contributed by atoms with Crippen LogP contribution in [-0.4, -0.2) is 59.8 Å². The molecule has 0 radical (unpaired) electrons. The second kappa shape index (κ2) is 12.8. The van der Waals surface area contributed by atoms with Gasteiger partial charge >= 0.3 is 6.09 Å². The van der Waals surface area contributed by atoms with Crippen molar-refractivity contribution in [2.45, 2.75) is 38.0 Å². The van der Waals surface area contributed by atoms with Crippen LogP contribution in [0, 0.1) is 0 Å². The Morgan fingerprint density at radius 3 is 2.68 bits per heavy atom. The molecule has 4 aromatic rings. The molecule has 1 fully saturated rings. The molecule has 1 amide bonds. The number of methoxy groups -OCH3 is 3. The number of halogens is 1. The second-order valence-corrected chi connectivity index (χ2v) is 10.6. The quantitative estimate of drug-likeness (QED) is 0.237. The molecule has 0 bridgehead atoms. The first-order valence-corrected chi connectivity index (χ1v) is 14.2. The normalized spacial score (nSPS) is 16.9. The van der Waals surface area contributed by atoms with Crippen molar-refractivity contribution in [1.29, 1.82) is 0 Å². The van der Waals surface area contributed by atoms with Gasteiger partial charge in [0.15, 0.2) is 5.82 Å². The summed E-state index contributed by atoms with van der Waals surface area (Å²) in [4.78, 5) is 24.9. The Morgan fingerprint density at radius 1 is 1.10 bits per heavy atom. The van der Waals surface area contributed by atoms with Gasteiger partial charge in [-0.15, -0.1) is 0 Å². The number of aromatic nitrogens is 3. The summed E-state index contributed by atoms with van der Waals surface area (Å²) in [5.41, 5.74) is 1.81. The Bertz CT molecular complexity index is 1490. The Morgan fingerprint density at radius 2 is 1.93 bits per heavy atom. The number of likely N-dealkylation sites (tertiary alicyclic amines) is 1. The van der Waals surface area contributed by atoms with E-state index in [1.54, 1.807) is 32.4 Å². The molecule has 1 atom stereocenters. The SMILES string of the molecule is COCC1(c2nc(Br)c3c(NCc4ccc(OC)cc4OC)nccn23)CCCCN1C(=O)OCc1ccccc1. The van der Waals surface area contributed by atoms with Gasteiger partial charge in [0, 0.05) is 44.2 Å². The second-order valence-electron chi connectivity index (χ2n) is 9.87. The highest BCUT2D eigenvalue weighted by molar-refractivity contribution is 9.10. The lowest BCUT2D eigenvalue weighted by molar-refractivity contribution is -0.0271. The summed E-state index contributed by atoms with van der Waals surface area (Å²) in [5.74, 6) is 2.75. The van der Waals surface area contributed by atoms with Gasteiger partial charge in [0.05, 0.1) is 20.8 Å². The van der Waals surface area contributed by atoms with E-state index in [1.807, 2.05) is 59.1 Å². The predicted octanol–water partition coefficient (Wildman–Crippen LogP) is 5.79. The molecule has 41 heavy (non-hydrogen) atoms. The highest BCUT2D eigenvalue weighted by atomic mass is 79.9. The molecule has 2 aromatic heterocycles. The number of hydrogen-bond donors (Lipinski definition) is 1. The number of fused-ring (bicyclic) bond motifs is 1. The van der Waals surface area contributed by atoms with Crippen LogP contribution in [0.5, 0.6) is 11.5 Å². The van der Waals surface area contributed by atoms with Crippen LogP contribution in [-0.2, 0) is 28.2 Å². The van der Waals surface area contributed by atoms with Crippen LogP contribution >= 0.6 is 15.9 Å². The third-order valence-corrected chi connectivity index (χ3v) is 7.97. The van der Waals surface area contributed by atoms with E-state index in [0.29, 0.717) is 41.5 Å². The number of anilines is 1. The van der Waals surface area contributed by atoms with Crippen molar-refractivity contribution in [2.75, 3.05) is 39.8 Å². The number of carbonyl (C=O) groups excluding carboxylic acids is 1. The fourth-order valence-corrected chi connectivity index (χ4v) is 5.96. The maximum Gasteiger partial charge on any atom is 0.411 e. The highest BCUT2D eigenvalue weighted by Crippen LogP contribution is 2.40. The van der Waals surface area contributed by atoms with Crippen molar-refractivity contribution in [2.24, 2.45) is 0 Å². The smallest absolute Gasteiger partial charge is 0.411 e. The number of carbonyl (C=O) groups is 1. The third-order valence-electron chi connectivity index (χ3n) is 7.42. The van der Waals surface area contributed by atoms with Gasteiger partial charge in [0.25, 0.3) is 0 Å². The first-order chi connectivity index (χ1) is 20.0. The van der Waals surface area contributed by atoms with E-state index in [4.69, 9.17) is 23.9 Å². The molecule has 2 aromatic carbocycles. The van der Waals surface area contributed by atoms with E-state index in [1.165, 1.54) is 0 Å². The number of rotatable bonds is 10. The van der Waals surface area contributed by atoms with Crippen LogP contribution in [0.15, 0.2) is 65.5 Å². The number of nitrogens with one attached hydrogen (secondary N) is 1. The maximum atomic E-state index is 13.6. The minimum absolute atomic E-state index is 0.193. The van der Waals surface area contributed by atoms with Crippen LogP contribution < -0.4 is 14.8 Å². The molecular weight excluding hydrogens is 590 g/mol. The molecule has 1 saturated heterocycles. The summed E-state index contributed by atoms with van der Waals surface area (Å²) in [5, 5.41) is 3.43. The van der Waals surface area contributed by atoms with E-state index < -0.39 is 11.6 Å². The molecule has 5 rings (SSSR count). The molecule has 0 spiro atoms. The molecule has 1 N–H and O–H groups in total. The number of imidazole rings is 1. The van der Waals surface area contributed by atoms with Crippen molar-refractivity contribution in [1.82, 2.24) is 19.3 Å². The van der Waals surface area contributed by atoms with Crippen molar-refractivity contribution < 1.29 is 23.7 Å². The van der Waals surface area contributed by atoms with Crippen LogP contribution in [0.1, 0.15) is 36.2 Å². The summed E-state index contributed by atoms with van der Waals surface area (Å²) < 4.78 is 25.0. The van der Waals surface area contributed by atoms with Crippen molar-refractivity contribution >= 4 is 33.4 Å². The van der Waals surface area contributed by atoms with Crippen LogP contribution in [0.2, 0.25) is 0 Å². The van der Waals surface area contributed by atoms with Crippen LogP contribution in [0.3, 0.4) is 0 Å². The predicted molar refractivity (Wildman–Crippen MR) is 158 cm³/mol. The molecule has 3 heterocycles. The number of ether oxygens (including phenoxy) is 4. The maximum absolute atomic E-state index is 13.6. The number of benzene rings is 2. The first kappa shape index (κ1) is 28.7. The summed E-state index contributed by atoms with van der Waals surface area (Å²) in [7, 11) is 4.90. The van der Waals surface area contributed by atoms with Gasteiger partial charge in [-0.3, -0.25) is 9.30 Å². The van der Waals surface area contributed by atoms with E-state index in [2.05, 4.69) is 26.2 Å². The Balaban J connectivity index is 1.47. The molecule has 10 nitrogen and oxygen atoms in total.